The van der Waals surface area contributed by atoms with Crippen LogP contribution >= 0.6 is 23.5 Å². The highest BCUT2D eigenvalue weighted by molar-refractivity contribution is 8.05. The highest BCUT2D eigenvalue weighted by Gasteiger charge is 2.28. The first-order valence-electron chi connectivity index (χ1n) is 12.4. The zero-order valence-electron chi connectivity index (χ0n) is 21.0. The summed E-state index contributed by atoms with van der Waals surface area (Å²) < 4.78 is 11.3. The molecule has 10 heteroatoms. The van der Waals surface area contributed by atoms with Crippen LogP contribution in [0.2, 0.25) is 0 Å². The minimum absolute atomic E-state index is 0.0469. The van der Waals surface area contributed by atoms with E-state index in [1.807, 2.05) is 6.07 Å². The molecule has 0 amide bonds. The van der Waals surface area contributed by atoms with E-state index in [-0.39, 0.29) is 17.7 Å². The van der Waals surface area contributed by atoms with E-state index in [0.717, 1.165) is 23.5 Å². The molecule has 2 aromatic carbocycles. The van der Waals surface area contributed by atoms with E-state index in [2.05, 4.69) is 68.5 Å². The molecule has 2 aliphatic rings. The van der Waals surface area contributed by atoms with Crippen LogP contribution in [0.5, 0.6) is 6.01 Å². The molecule has 6 rings (SSSR count). The fraction of sp³-hybridized carbons (Fsp3) is 0.250. The van der Waals surface area contributed by atoms with Crippen molar-refractivity contribution < 1.29 is 9.47 Å². The van der Waals surface area contributed by atoms with Crippen LogP contribution in [0.1, 0.15) is 30.2 Å². The van der Waals surface area contributed by atoms with Crippen molar-refractivity contribution in [1.82, 2.24) is 15.0 Å². The first kappa shape index (κ1) is 24.8. The summed E-state index contributed by atoms with van der Waals surface area (Å²) >= 11 is 3.58. The number of ether oxygens (including phenoxy) is 2. The van der Waals surface area contributed by atoms with Crippen molar-refractivity contribution in [1.29, 1.82) is 0 Å². The van der Waals surface area contributed by atoms with E-state index in [4.69, 9.17) is 9.47 Å². The molecule has 0 radical (unpaired) electrons. The Morgan fingerprint density at radius 1 is 1.11 bits per heavy atom. The van der Waals surface area contributed by atoms with Crippen molar-refractivity contribution in [3.63, 3.8) is 0 Å². The van der Waals surface area contributed by atoms with Crippen LogP contribution in [0.4, 0.5) is 11.4 Å². The third-order valence-corrected chi connectivity index (χ3v) is 9.25. The van der Waals surface area contributed by atoms with Crippen LogP contribution in [0.25, 0.3) is 0 Å². The Kier molecular flexibility index (Phi) is 7.01. The van der Waals surface area contributed by atoms with Crippen LogP contribution in [0.15, 0.2) is 91.5 Å². The fourth-order valence-electron chi connectivity index (χ4n) is 4.66. The zero-order valence-corrected chi connectivity index (χ0v) is 22.6. The Morgan fingerprint density at radius 2 is 1.97 bits per heavy atom. The number of morpholine rings is 1. The Labute approximate surface area is 229 Å². The molecule has 0 bridgehead atoms. The van der Waals surface area contributed by atoms with Crippen molar-refractivity contribution >= 4 is 34.9 Å². The number of aromatic nitrogens is 3. The molecule has 1 saturated heterocycles. The maximum atomic E-state index is 11.8. The van der Waals surface area contributed by atoms with Crippen LogP contribution in [-0.2, 0) is 4.74 Å². The van der Waals surface area contributed by atoms with Crippen LogP contribution in [0.3, 0.4) is 0 Å². The smallest absolute Gasteiger partial charge is 0.316 e. The van der Waals surface area contributed by atoms with Crippen LogP contribution in [0, 0.1) is 0 Å². The van der Waals surface area contributed by atoms with Gasteiger partial charge in [0.05, 0.1) is 19.8 Å². The van der Waals surface area contributed by atoms with Gasteiger partial charge in [-0.25, -0.2) is 9.97 Å². The molecule has 38 heavy (non-hydrogen) atoms. The maximum Gasteiger partial charge on any atom is 0.316 e. The number of nitrogens with zero attached hydrogens (tertiary/aromatic N) is 3. The second-order valence-electron chi connectivity index (χ2n) is 9.13. The normalized spacial score (nSPS) is 17.3. The number of anilines is 2. The monoisotopic (exact) mass is 545 g/mol. The minimum Gasteiger partial charge on any atom is -0.467 e. The van der Waals surface area contributed by atoms with Gasteiger partial charge in [0.1, 0.15) is 6.10 Å². The van der Waals surface area contributed by atoms with Crippen LogP contribution in [-0.4, -0.2) is 41.8 Å². The van der Waals surface area contributed by atoms with Gasteiger partial charge >= 0.3 is 6.01 Å². The summed E-state index contributed by atoms with van der Waals surface area (Å²) in [6.07, 6.45) is 5.20. The number of fused-ring (bicyclic) bond motifs is 2. The number of methoxy groups -OCH3 is 1. The molecular formula is C28H27N5O3S2. The van der Waals surface area contributed by atoms with Gasteiger partial charge in [0.2, 0.25) is 5.56 Å². The van der Waals surface area contributed by atoms with Crippen LogP contribution < -0.4 is 20.5 Å². The molecule has 4 aromatic rings. The summed E-state index contributed by atoms with van der Waals surface area (Å²) in [6.45, 7) is 4.17. The van der Waals surface area contributed by atoms with Gasteiger partial charge in [-0.2, -0.15) is 0 Å². The summed E-state index contributed by atoms with van der Waals surface area (Å²) in [5.74, 6) is 0. The molecule has 2 N–H and O–H groups in total. The van der Waals surface area contributed by atoms with E-state index >= 15 is 0 Å². The number of H-pyrrole nitrogens is 1. The molecule has 0 aliphatic carbocycles. The second-order valence-corrected chi connectivity index (χ2v) is 11.3. The summed E-state index contributed by atoms with van der Waals surface area (Å²) in [5, 5.41) is 3.56. The second kappa shape index (κ2) is 10.7. The van der Waals surface area contributed by atoms with Crippen molar-refractivity contribution in [3.05, 3.63) is 88.6 Å². The molecule has 194 valence electrons. The van der Waals surface area contributed by atoms with Crippen molar-refractivity contribution in [3.8, 4) is 6.01 Å². The van der Waals surface area contributed by atoms with E-state index in [1.165, 1.54) is 25.1 Å². The van der Waals surface area contributed by atoms with Gasteiger partial charge in [0.15, 0.2) is 0 Å². The lowest BCUT2D eigenvalue weighted by Crippen LogP contribution is -2.39. The minimum atomic E-state index is -0.0909. The summed E-state index contributed by atoms with van der Waals surface area (Å²) in [7, 11) is 1.56. The Bertz CT molecular complexity index is 1510. The largest absolute Gasteiger partial charge is 0.467 e. The number of benzene rings is 2. The third kappa shape index (κ3) is 5.11. The summed E-state index contributed by atoms with van der Waals surface area (Å²) in [5.41, 5.74) is 4.06. The van der Waals surface area contributed by atoms with Gasteiger partial charge in [-0.3, -0.25) is 4.79 Å². The topological polar surface area (TPSA) is 92.4 Å². The van der Waals surface area contributed by atoms with E-state index in [1.54, 1.807) is 55.3 Å². The fourth-order valence-corrected chi connectivity index (χ4v) is 7.11. The van der Waals surface area contributed by atoms with Crippen molar-refractivity contribution in [2.45, 2.75) is 38.7 Å². The lowest BCUT2D eigenvalue weighted by Gasteiger charge is -2.36. The lowest BCUT2D eigenvalue weighted by atomic mass is 10.1. The Balaban J connectivity index is 1.20. The SMILES string of the molecule is COc1ncc(C(C)Nc2ccc3c(c2)Sc2cccc(C4CN(c5cc[nH]c(=O)c5)CCO4)c2S3)cn1. The number of nitrogens with one attached hydrogen (secondary N) is 2. The number of pyridine rings is 1. The van der Waals surface area contributed by atoms with Gasteiger partial charge in [-0.05, 0) is 42.8 Å². The molecule has 2 unspecified atom stereocenters. The van der Waals surface area contributed by atoms with Crippen molar-refractivity contribution in [2.75, 3.05) is 37.0 Å². The number of aromatic amines is 1. The summed E-state index contributed by atoms with van der Waals surface area (Å²) in [4.78, 5) is 30.1. The molecule has 4 heterocycles. The zero-order chi connectivity index (χ0) is 26.1. The average molecular weight is 546 g/mol. The summed E-state index contributed by atoms with van der Waals surface area (Å²) in [6, 6.07) is 17.0. The molecule has 0 spiro atoms. The molecule has 2 aliphatic heterocycles. The predicted octanol–water partition coefficient (Wildman–Crippen LogP) is 5.54. The predicted molar refractivity (Wildman–Crippen MR) is 150 cm³/mol. The average Bonchev–Trinajstić information content (AvgIpc) is 2.96. The molecule has 0 saturated carbocycles. The lowest BCUT2D eigenvalue weighted by molar-refractivity contribution is 0.0379. The Hall–Kier alpha value is -3.47. The van der Waals surface area contributed by atoms with E-state index < -0.39 is 0 Å². The maximum absolute atomic E-state index is 11.8. The molecule has 2 atom stereocenters. The number of hydrogen-bond donors (Lipinski definition) is 2. The van der Waals surface area contributed by atoms with Gasteiger partial charge in [0.25, 0.3) is 0 Å². The van der Waals surface area contributed by atoms with E-state index in [0.29, 0.717) is 19.2 Å². The molecule has 1 fully saturated rings. The standard InChI is InChI=1S/C28H27N5O3S2/c1-17(18-14-30-28(35-2)31-15-18)32-19-6-7-23-25(12-19)37-24-5-3-4-21(27(24)38-23)22-16-33(10-11-36-22)20-8-9-29-26(34)13-20/h3-9,12-15,17,22,32H,10-11,16H2,1-2H3,(H,29,34). The first-order valence-corrected chi connectivity index (χ1v) is 14.0. The van der Waals surface area contributed by atoms with Gasteiger partial charge in [0, 0.05) is 74.3 Å². The first-order chi connectivity index (χ1) is 18.6. The highest BCUT2D eigenvalue weighted by atomic mass is 32.2. The number of hydrogen-bond acceptors (Lipinski definition) is 9. The molecular weight excluding hydrogens is 518 g/mol. The molecule has 8 nitrogen and oxygen atoms in total. The molecule has 2 aromatic heterocycles. The van der Waals surface area contributed by atoms with Gasteiger partial charge in [-0.1, -0.05) is 35.7 Å². The van der Waals surface area contributed by atoms with Gasteiger partial charge in [-0.15, -0.1) is 0 Å². The Morgan fingerprint density at radius 3 is 2.79 bits per heavy atom. The highest BCUT2D eigenvalue weighted by Crippen LogP contribution is 2.52. The number of rotatable bonds is 6. The van der Waals surface area contributed by atoms with Gasteiger partial charge < -0.3 is 24.7 Å². The van der Waals surface area contributed by atoms with E-state index in [9.17, 15) is 4.79 Å². The quantitative estimate of drug-likeness (QED) is 0.285. The third-order valence-electron chi connectivity index (χ3n) is 6.64. The van der Waals surface area contributed by atoms with Crippen molar-refractivity contribution in [2.24, 2.45) is 0 Å².